The van der Waals surface area contributed by atoms with Crippen LogP contribution >= 0.6 is 0 Å². The maximum atomic E-state index is 12.7. The molecular weight excluding hydrogens is 476 g/mol. The van der Waals surface area contributed by atoms with Crippen molar-refractivity contribution in [3.05, 3.63) is 48.0 Å². The summed E-state index contributed by atoms with van der Waals surface area (Å²) in [5.74, 6) is -0.910. The number of carbonyl (C=O) groups is 3. The van der Waals surface area contributed by atoms with Gasteiger partial charge in [0.15, 0.2) is 0 Å². The summed E-state index contributed by atoms with van der Waals surface area (Å²) in [7, 11) is 1.47. The second kappa shape index (κ2) is 10.3. The zero-order valence-corrected chi connectivity index (χ0v) is 21.9. The summed E-state index contributed by atoms with van der Waals surface area (Å²) in [4.78, 5) is 37.6. The van der Waals surface area contributed by atoms with Crippen LogP contribution < -0.4 is 10.2 Å². The van der Waals surface area contributed by atoms with E-state index in [4.69, 9.17) is 4.74 Å². The Bertz CT molecular complexity index is 1310. The predicted octanol–water partition coefficient (Wildman–Crippen LogP) is 4.65. The molecule has 1 aromatic heterocycles. The second-order valence-electron chi connectivity index (χ2n) is 10.4. The van der Waals surface area contributed by atoms with E-state index in [2.05, 4.69) is 25.7 Å². The van der Waals surface area contributed by atoms with Crippen molar-refractivity contribution in [2.24, 2.45) is 5.41 Å². The number of hydrogen-bond donors (Lipinski definition) is 2. The molecule has 0 saturated heterocycles. The van der Waals surface area contributed by atoms with Gasteiger partial charge in [0.05, 0.1) is 11.3 Å². The normalized spacial score (nSPS) is 11.5. The number of hydrogen-bond acceptors (Lipinski definition) is 8. The number of nitrogens with zero attached hydrogens (tertiary/aromatic N) is 5. The molecule has 1 heterocycles. The first kappa shape index (κ1) is 27.2. The average Bonchev–Trinajstić information content (AvgIpc) is 2.82. The average molecular weight is 507 g/mol. The Hall–Kier alpha value is -4.41. The fourth-order valence-corrected chi connectivity index (χ4v) is 3.03. The standard InChI is InChI=1S/C26H30N6O5/c1-25(2,3)23(35)27-17-11-8-15(9-12-17)20-28-30-21(31-29-20)18-13-10-16(22(33)34)14-19(18)32(7)24(36)37-26(4,5)6/h8-14H,1-7H3,(H,27,35)(H,33,34). The van der Waals surface area contributed by atoms with Crippen LogP contribution in [0.15, 0.2) is 42.5 Å². The van der Waals surface area contributed by atoms with Gasteiger partial charge in [0.25, 0.3) is 0 Å². The number of amides is 2. The lowest BCUT2D eigenvalue weighted by Crippen LogP contribution is -2.34. The van der Waals surface area contributed by atoms with E-state index in [0.717, 1.165) is 0 Å². The van der Waals surface area contributed by atoms with Gasteiger partial charge >= 0.3 is 12.1 Å². The van der Waals surface area contributed by atoms with Crippen LogP contribution in [0.2, 0.25) is 0 Å². The van der Waals surface area contributed by atoms with Crippen LogP contribution in [-0.2, 0) is 9.53 Å². The molecule has 0 saturated carbocycles. The first-order chi connectivity index (χ1) is 17.2. The Labute approximate surface area is 214 Å². The number of aromatic carboxylic acids is 1. The number of carboxylic acids is 1. The third kappa shape index (κ3) is 6.84. The molecule has 11 nitrogen and oxygen atoms in total. The number of nitrogens with one attached hydrogen (secondary N) is 1. The maximum Gasteiger partial charge on any atom is 0.414 e. The summed E-state index contributed by atoms with van der Waals surface area (Å²) in [5, 5.41) is 28.9. The lowest BCUT2D eigenvalue weighted by atomic mass is 9.95. The van der Waals surface area contributed by atoms with E-state index in [0.29, 0.717) is 16.8 Å². The third-order valence-electron chi connectivity index (χ3n) is 5.08. The van der Waals surface area contributed by atoms with Crippen molar-refractivity contribution >= 4 is 29.3 Å². The summed E-state index contributed by atoms with van der Waals surface area (Å²) < 4.78 is 5.42. The van der Waals surface area contributed by atoms with Crippen molar-refractivity contribution in [1.82, 2.24) is 20.4 Å². The highest BCUT2D eigenvalue weighted by atomic mass is 16.6. The molecule has 0 bridgehead atoms. The van der Waals surface area contributed by atoms with Gasteiger partial charge in [0, 0.05) is 29.3 Å². The molecule has 2 amide bonds. The maximum absolute atomic E-state index is 12.7. The molecule has 0 aliphatic rings. The lowest BCUT2D eigenvalue weighted by molar-refractivity contribution is -0.123. The number of anilines is 2. The minimum absolute atomic E-state index is 0.0228. The Morgan fingerprint density at radius 3 is 1.95 bits per heavy atom. The zero-order chi connectivity index (χ0) is 27.5. The summed E-state index contributed by atoms with van der Waals surface area (Å²) in [6, 6.07) is 11.1. The number of rotatable bonds is 5. The van der Waals surface area contributed by atoms with Gasteiger partial charge in [-0.1, -0.05) is 20.8 Å². The van der Waals surface area contributed by atoms with E-state index in [1.807, 2.05) is 20.8 Å². The molecule has 11 heteroatoms. The lowest BCUT2D eigenvalue weighted by Gasteiger charge is -2.26. The molecule has 37 heavy (non-hydrogen) atoms. The van der Waals surface area contributed by atoms with E-state index in [-0.39, 0.29) is 28.8 Å². The molecule has 0 unspecified atom stereocenters. The highest BCUT2D eigenvalue weighted by molar-refractivity contribution is 5.97. The van der Waals surface area contributed by atoms with Gasteiger partial charge in [0.1, 0.15) is 5.60 Å². The molecule has 2 N–H and O–H groups in total. The molecule has 0 radical (unpaired) electrons. The first-order valence-corrected chi connectivity index (χ1v) is 11.5. The van der Waals surface area contributed by atoms with Crippen LogP contribution in [-0.4, -0.2) is 56.1 Å². The highest BCUT2D eigenvalue weighted by Gasteiger charge is 2.25. The van der Waals surface area contributed by atoms with Gasteiger partial charge in [-0.3, -0.25) is 9.69 Å². The Morgan fingerprint density at radius 1 is 0.865 bits per heavy atom. The monoisotopic (exact) mass is 506 g/mol. The van der Waals surface area contributed by atoms with Crippen molar-refractivity contribution < 1.29 is 24.2 Å². The molecule has 2 aromatic carbocycles. The van der Waals surface area contributed by atoms with Crippen molar-refractivity contribution in [2.45, 2.75) is 47.1 Å². The zero-order valence-electron chi connectivity index (χ0n) is 21.9. The van der Waals surface area contributed by atoms with E-state index in [9.17, 15) is 19.5 Å². The van der Waals surface area contributed by atoms with Crippen LogP contribution in [0.1, 0.15) is 51.9 Å². The molecule has 0 fully saturated rings. The van der Waals surface area contributed by atoms with Crippen LogP contribution in [0.25, 0.3) is 22.8 Å². The topological polar surface area (TPSA) is 148 Å². The Balaban J connectivity index is 1.90. The summed E-state index contributed by atoms with van der Waals surface area (Å²) in [6.07, 6.45) is -0.674. The SMILES string of the molecule is CN(C(=O)OC(C)(C)C)c1cc(C(=O)O)ccc1-c1nnc(-c2ccc(NC(=O)C(C)(C)C)cc2)nn1. The van der Waals surface area contributed by atoms with Crippen LogP contribution in [0, 0.1) is 5.41 Å². The molecule has 0 atom stereocenters. The van der Waals surface area contributed by atoms with E-state index >= 15 is 0 Å². The molecule has 0 aliphatic heterocycles. The summed E-state index contributed by atoms with van der Waals surface area (Å²) in [5.41, 5.74) is 0.550. The molecule has 0 spiro atoms. The Morgan fingerprint density at radius 2 is 1.43 bits per heavy atom. The van der Waals surface area contributed by atoms with E-state index in [1.54, 1.807) is 45.0 Å². The fourth-order valence-electron chi connectivity index (χ4n) is 3.03. The minimum atomic E-state index is -1.15. The predicted molar refractivity (Wildman–Crippen MR) is 138 cm³/mol. The van der Waals surface area contributed by atoms with Crippen molar-refractivity contribution in [1.29, 1.82) is 0 Å². The fraction of sp³-hybridized carbons (Fsp3) is 0.346. The Kier molecular flexibility index (Phi) is 7.56. The number of carboxylic acid groups (broad SMARTS) is 1. The number of ether oxygens (including phenoxy) is 1. The molecule has 3 aromatic rings. The second-order valence-corrected chi connectivity index (χ2v) is 10.4. The van der Waals surface area contributed by atoms with Crippen molar-refractivity contribution in [3.8, 4) is 22.8 Å². The smallest absolute Gasteiger partial charge is 0.414 e. The highest BCUT2D eigenvalue weighted by Crippen LogP contribution is 2.30. The van der Waals surface area contributed by atoms with Gasteiger partial charge in [-0.15, -0.1) is 20.4 Å². The van der Waals surface area contributed by atoms with Crippen molar-refractivity contribution in [3.63, 3.8) is 0 Å². The third-order valence-corrected chi connectivity index (χ3v) is 5.08. The number of benzene rings is 2. The van der Waals surface area contributed by atoms with Gasteiger partial charge in [-0.25, -0.2) is 9.59 Å². The molecular formula is C26H30N6O5. The van der Waals surface area contributed by atoms with E-state index in [1.165, 1.54) is 30.1 Å². The molecule has 194 valence electrons. The van der Waals surface area contributed by atoms with Gasteiger partial charge in [-0.05, 0) is 63.2 Å². The van der Waals surface area contributed by atoms with E-state index < -0.39 is 23.1 Å². The van der Waals surface area contributed by atoms with Crippen molar-refractivity contribution in [2.75, 3.05) is 17.3 Å². The number of aromatic nitrogens is 4. The molecule has 3 rings (SSSR count). The van der Waals surface area contributed by atoms with Crippen LogP contribution in [0.4, 0.5) is 16.2 Å². The van der Waals surface area contributed by atoms with Crippen LogP contribution in [0.3, 0.4) is 0 Å². The summed E-state index contributed by atoms with van der Waals surface area (Å²) in [6.45, 7) is 10.7. The quantitative estimate of drug-likeness (QED) is 0.504. The largest absolute Gasteiger partial charge is 0.478 e. The first-order valence-electron chi connectivity index (χ1n) is 11.5. The van der Waals surface area contributed by atoms with Gasteiger partial charge in [0.2, 0.25) is 17.6 Å². The van der Waals surface area contributed by atoms with Crippen LogP contribution in [0.5, 0.6) is 0 Å². The summed E-state index contributed by atoms with van der Waals surface area (Å²) >= 11 is 0. The minimum Gasteiger partial charge on any atom is -0.478 e. The molecule has 0 aliphatic carbocycles. The van der Waals surface area contributed by atoms with Gasteiger partial charge in [-0.2, -0.15) is 0 Å². The number of carbonyl (C=O) groups excluding carboxylic acids is 2. The van der Waals surface area contributed by atoms with Gasteiger partial charge < -0.3 is 15.2 Å².